The number of carbonyl (C=O) groups is 2. The Morgan fingerprint density at radius 2 is 1.86 bits per heavy atom. The minimum atomic E-state index is -0.980. The van der Waals surface area contributed by atoms with Crippen LogP contribution in [0.15, 0.2) is 16.8 Å². The van der Waals surface area contributed by atoms with Crippen LogP contribution in [0.1, 0.15) is 73.1 Å². The van der Waals surface area contributed by atoms with Crippen LogP contribution in [0.2, 0.25) is 0 Å². The zero-order valence-electron chi connectivity index (χ0n) is 18.4. The summed E-state index contributed by atoms with van der Waals surface area (Å²) in [5, 5.41) is 3.31. The van der Waals surface area contributed by atoms with Crippen molar-refractivity contribution in [2.45, 2.75) is 84.8 Å². The SMILES string of the molecule is CC(=O)O[C@]1(C(C)=O)C[C@@H](C)[C@H]2[C@@H]3C[C@H](C)C4=CC(N=O)CC[C@@H]4[C@H]3CC[C@@]21C. The average Bonchev–Trinajstić information content (AvgIpc) is 2.89. The third-order valence-corrected chi connectivity index (χ3v) is 9.21. The molecule has 4 aliphatic carbocycles. The summed E-state index contributed by atoms with van der Waals surface area (Å²) in [4.78, 5) is 36.0. The van der Waals surface area contributed by atoms with Gasteiger partial charge in [-0.2, -0.15) is 4.91 Å². The van der Waals surface area contributed by atoms with Gasteiger partial charge >= 0.3 is 5.97 Å². The molecule has 0 aliphatic heterocycles. The number of Topliss-reactive ketones (excluding diaryl/α,β-unsaturated/α-hetero) is 1. The Labute approximate surface area is 174 Å². The third kappa shape index (κ3) is 2.86. The van der Waals surface area contributed by atoms with Crippen LogP contribution >= 0.6 is 0 Å². The molecular formula is C24H35NO4. The number of carbonyl (C=O) groups excluding carboxylic acids is 2. The van der Waals surface area contributed by atoms with E-state index in [9.17, 15) is 14.5 Å². The van der Waals surface area contributed by atoms with Gasteiger partial charge in [-0.1, -0.05) is 37.6 Å². The van der Waals surface area contributed by atoms with Crippen molar-refractivity contribution in [3.8, 4) is 0 Å². The summed E-state index contributed by atoms with van der Waals surface area (Å²) >= 11 is 0. The van der Waals surface area contributed by atoms with Gasteiger partial charge in [0.25, 0.3) is 0 Å². The maximum Gasteiger partial charge on any atom is 0.303 e. The molecule has 0 radical (unpaired) electrons. The predicted octanol–water partition coefficient (Wildman–Crippen LogP) is 5.08. The topological polar surface area (TPSA) is 72.8 Å². The third-order valence-electron chi connectivity index (χ3n) is 9.21. The van der Waals surface area contributed by atoms with Crippen molar-refractivity contribution in [3.63, 3.8) is 0 Å². The number of nitroso groups, excluding NO2 is 1. The normalized spacial score (nSPS) is 48.6. The summed E-state index contributed by atoms with van der Waals surface area (Å²) in [5.41, 5.74) is 0.175. The van der Waals surface area contributed by atoms with Crippen LogP contribution in [0.4, 0.5) is 0 Å². The van der Waals surface area contributed by atoms with Crippen LogP contribution in [0.25, 0.3) is 0 Å². The molecule has 0 aromatic carbocycles. The van der Waals surface area contributed by atoms with E-state index in [0.717, 1.165) is 32.1 Å². The number of allylic oxidation sites excluding steroid dienone is 1. The van der Waals surface area contributed by atoms with Gasteiger partial charge in [-0.15, -0.1) is 0 Å². The van der Waals surface area contributed by atoms with Crippen LogP contribution in [-0.2, 0) is 14.3 Å². The van der Waals surface area contributed by atoms with Crippen LogP contribution < -0.4 is 0 Å². The van der Waals surface area contributed by atoms with E-state index >= 15 is 0 Å². The highest BCUT2D eigenvalue weighted by molar-refractivity contribution is 5.89. The van der Waals surface area contributed by atoms with Gasteiger partial charge in [0.15, 0.2) is 11.4 Å². The molecule has 0 heterocycles. The Hall–Kier alpha value is -1.52. The second-order valence-corrected chi connectivity index (χ2v) is 10.6. The summed E-state index contributed by atoms with van der Waals surface area (Å²) in [7, 11) is 0. The maximum absolute atomic E-state index is 12.9. The molecule has 0 spiro atoms. The van der Waals surface area contributed by atoms with Crippen molar-refractivity contribution >= 4 is 11.8 Å². The van der Waals surface area contributed by atoms with E-state index in [0.29, 0.717) is 41.9 Å². The van der Waals surface area contributed by atoms with E-state index in [4.69, 9.17) is 4.74 Å². The van der Waals surface area contributed by atoms with E-state index in [1.54, 1.807) is 6.92 Å². The molecule has 0 amide bonds. The lowest BCUT2D eigenvalue weighted by Crippen LogP contribution is -2.58. The van der Waals surface area contributed by atoms with Crippen molar-refractivity contribution in [2.24, 2.45) is 46.1 Å². The van der Waals surface area contributed by atoms with E-state index in [1.807, 2.05) is 0 Å². The van der Waals surface area contributed by atoms with Crippen molar-refractivity contribution in [1.29, 1.82) is 0 Å². The predicted molar refractivity (Wildman–Crippen MR) is 111 cm³/mol. The second-order valence-electron chi connectivity index (χ2n) is 10.6. The molecule has 5 heteroatoms. The summed E-state index contributed by atoms with van der Waals surface area (Å²) in [5.74, 6) is 2.52. The largest absolute Gasteiger partial charge is 0.451 e. The minimum absolute atomic E-state index is 0.00464. The number of nitrogens with zero attached hydrogens (tertiary/aromatic N) is 1. The lowest BCUT2D eigenvalue weighted by Gasteiger charge is -2.57. The highest BCUT2D eigenvalue weighted by Gasteiger charge is 2.69. The van der Waals surface area contributed by atoms with Crippen LogP contribution in [0.3, 0.4) is 0 Å². The van der Waals surface area contributed by atoms with Crippen molar-refractivity contribution in [3.05, 3.63) is 16.6 Å². The molecule has 29 heavy (non-hydrogen) atoms. The van der Waals surface area contributed by atoms with Gasteiger partial charge < -0.3 is 4.74 Å². The first kappa shape index (κ1) is 20.7. The molecule has 5 nitrogen and oxygen atoms in total. The first-order chi connectivity index (χ1) is 13.6. The molecule has 160 valence electrons. The number of ether oxygens (including phenoxy) is 1. The number of esters is 1. The molecule has 0 saturated heterocycles. The Kier molecular flexibility index (Phi) is 5.02. The van der Waals surface area contributed by atoms with Crippen LogP contribution in [0.5, 0.6) is 0 Å². The first-order valence-corrected chi connectivity index (χ1v) is 11.4. The van der Waals surface area contributed by atoms with Gasteiger partial charge in [-0.05, 0) is 81.0 Å². The minimum Gasteiger partial charge on any atom is -0.451 e. The van der Waals surface area contributed by atoms with E-state index < -0.39 is 5.60 Å². The van der Waals surface area contributed by atoms with E-state index in [2.05, 4.69) is 32.0 Å². The summed E-state index contributed by atoms with van der Waals surface area (Å²) in [6.45, 7) is 9.79. The zero-order chi connectivity index (χ0) is 21.1. The quantitative estimate of drug-likeness (QED) is 0.376. The number of ketones is 1. The monoisotopic (exact) mass is 401 g/mol. The number of hydrogen-bond donors (Lipinski definition) is 0. The van der Waals surface area contributed by atoms with Gasteiger partial charge in [-0.3, -0.25) is 9.59 Å². The van der Waals surface area contributed by atoms with Crippen LogP contribution in [-0.4, -0.2) is 23.4 Å². The highest BCUT2D eigenvalue weighted by atomic mass is 16.6. The van der Waals surface area contributed by atoms with Crippen LogP contribution in [0, 0.1) is 45.8 Å². The van der Waals surface area contributed by atoms with E-state index in [-0.39, 0.29) is 23.2 Å². The molecule has 3 fully saturated rings. The standard InChI is InChI=1S/C24H35NO4/c1-13-10-21-19(18-7-6-17(25-28)11-20(13)18)8-9-23(5)22(21)14(2)12-24(23,15(3)26)29-16(4)27/h11,13-14,17-19,21-22H,6-10,12H2,1-5H3/t13-,14+,17?,18+,19+,21+,22-,23-,24-/m0/s1. The molecule has 0 aromatic heterocycles. The fraction of sp³-hybridized carbons (Fsp3) is 0.833. The van der Waals surface area contributed by atoms with Crippen molar-refractivity contribution < 1.29 is 14.3 Å². The highest BCUT2D eigenvalue weighted by Crippen LogP contribution is 2.68. The molecule has 0 N–H and O–H groups in total. The Bertz CT molecular complexity index is 760. The lowest BCUT2D eigenvalue weighted by atomic mass is 9.48. The summed E-state index contributed by atoms with van der Waals surface area (Å²) in [6, 6.07) is -0.158. The fourth-order valence-electron chi connectivity index (χ4n) is 8.33. The Balaban J connectivity index is 1.72. The average molecular weight is 402 g/mol. The molecule has 4 aliphatic rings. The van der Waals surface area contributed by atoms with Crippen molar-refractivity contribution in [2.75, 3.05) is 0 Å². The molecule has 3 saturated carbocycles. The van der Waals surface area contributed by atoms with Gasteiger partial charge in [0.2, 0.25) is 0 Å². The Morgan fingerprint density at radius 1 is 1.14 bits per heavy atom. The summed E-state index contributed by atoms with van der Waals surface area (Å²) in [6.07, 6.45) is 7.79. The second kappa shape index (κ2) is 7.02. The maximum atomic E-state index is 12.9. The van der Waals surface area contributed by atoms with Gasteiger partial charge in [0.1, 0.15) is 6.04 Å². The lowest BCUT2D eigenvalue weighted by molar-refractivity contribution is -0.186. The molecule has 0 bridgehead atoms. The van der Waals surface area contributed by atoms with Gasteiger partial charge in [0, 0.05) is 12.3 Å². The first-order valence-electron chi connectivity index (χ1n) is 11.4. The van der Waals surface area contributed by atoms with Gasteiger partial charge in [0.05, 0.1) is 0 Å². The molecular weight excluding hydrogens is 366 g/mol. The smallest absolute Gasteiger partial charge is 0.303 e. The summed E-state index contributed by atoms with van der Waals surface area (Å²) < 4.78 is 5.90. The fourth-order valence-corrected chi connectivity index (χ4v) is 8.33. The number of rotatable bonds is 3. The molecule has 1 unspecified atom stereocenters. The molecule has 4 rings (SSSR count). The zero-order valence-corrected chi connectivity index (χ0v) is 18.4. The molecule has 0 aromatic rings. The molecule has 9 atom stereocenters. The van der Waals surface area contributed by atoms with E-state index in [1.165, 1.54) is 12.5 Å². The van der Waals surface area contributed by atoms with Crippen molar-refractivity contribution in [1.82, 2.24) is 0 Å². The Morgan fingerprint density at radius 3 is 2.48 bits per heavy atom. The number of hydrogen-bond acceptors (Lipinski definition) is 5. The van der Waals surface area contributed by atoms with Gasteiger partial charge in [-0.25, -0.2) is 0 Å². The number of fused-ring (bicyclic) bond motifs is 5.